The van der Waals surface area contributed by atoms with Gasteiger partial charge in [0.2, 0.25) is 0 Å². The zero-order chi connectivity index (χ0) is 36.6. The summed E-state index contributed by atoms with van der Waals surface area (Å²) in [4.78, 5) is 83.2. The highest BCUT2D eigenvalue weighted by atomic mass is 16.8. The summed E-state index contributed by atoms with van der Waals surface area (Å²) in [5.74, 6) is -5.45. The summed E-state index contributed by atoms with van der Waals surface area (Å²) in [6.45, 7) is 6.21. The van der Waals surface area contributed by atoms with Crippen molar-refractivity contribution in [2.45, 2.75) is 122 Å². The molecule has 3 fully saturated rings. The molecule has 0 aromatic carbocycles. The Labute approximate surface area is 279 Å². The van der Waals surface area contributed by atoms with E-state index in [1.54, 1.807) is 0 Å². The van der Waals surface area contributed by atoms with Gasteiger partial charge in [-0.2, -0.15) is 0 Å². The van der Waals surface area contributed by atoms with E-state index in [0.29, 0.717) is 0 Å². The molecule has 3 rings (SSSR count). The lowest BCUT2D eigenvalue weighted by molar-refractivity contribution is -0.267. The third-order valence-electron chi connectivity index (χ3n) is 6.96. The van der Waals surface area contributed by atoms with E-state index in [-0.39, 0.29) is 0 Å². The fourth-order valence-electron chi connectivity index (χ4n) is 5.23. The van der Waals surface area contributed by atoms with E-state index in [4.69, 9.17) is 56.8 Å². The van der Waals surface area contributed by atoms with Crippen molar-refractivity contribution in [2.24, 2.45) is 0 Å². The van der Waals surface area contributed by atoms with Crippen molar-refractivity contribution in [1.82, 2.24) is 0 Å². The van der Waals surface area contributed by atoms with Crippen LogP contribution in [0.1, 0.15) is 48.5 Å². The van der Waals surface area contributed by atoms with Crippen LogP contribution in [0.2, 0.25) is 0 Å². The highest BCUT2D eigenvalue weighted by molar-refractivity contribution is 5.68. The maximum atomic E-state index is 12.3. The molecule has 0 unspecified atom stereocenters. The topological polar surface area (TPSA) is 250 Å². The largest absolute Gasteiger partial charge is 0.463 e. The second kappa shape index (κ2) is 17.6. The van der Waals surface area contributed by atoms with E-state index in [9.17, 15) is 38.7 Å². The molecule has 0 amide bonds. The zero-order valence-electron chi connectivity index (χ0n) is 27.8. The lowest BCUT2D eigenvalue weighted by Crippen LogP contribution is -2.49. The minimum Gasteiger partial charge on any atom is -0.463 e. The van der Waals surface area contributed by atoms with E-state index in [1.807, 2.05) is 0 Å². The molecule has 0 aromatic rings. The molecule has 0 saturated carbocycles. The van der Waals surface area contributed by atoms with Gasteiger partial charge in [-0.1, -0.05) is 0 Å². The van der Waals surface area contributed by atoms with Crippen molar-refractivity contribution in [3.8, 4) is 0 Å². The summed E-state index contributed by atoms with van der Waals surface area (Å²) in [5.41, 5.74) is 0. The molecule has 3 aliphatic heterocycles. The summed E-state index contributed by atoms with van der Waals surface area (Å²) in [5, 5.41) is 10.6. The fraction of sp³-hybridized carbons (Fsp3) is 0.759. The zero-order valence-corrected chi connectivity index (χ0v) is 27.8. The van der Waals surface area contributed by atoms with Gasteiger partial charge in [0.05, 0.1) is 0 Å². The van der Waals surface area contributed by atoms with E-state index in [1.165, 1.54) is 0 Å². The molecule has 3 aliphatic rings. The number of carbonyl (C=O) groups excluding carboxylic acids is 7. The van der Waals surface area contributed by atoms with Crippen LogP contribution in [0.15, 0.2) is 0 Å². The average Bonchev–Trinajstić information content (AvgIpc) is 3.56. The molecule has 1 N–H and O–H groups in total. The van der Waals surface area contributed by atoms with Crippen molar-refractivity contribution < 1.29 is 95.5 Å². The van der Waals surface area contributed by atoms with Crippen LogP contribution in [0.25, 0.3) is 0 Å². The second-order valence-corrected chi connectivity index (χ2v) is 11.1. The number of esters is 7. The Bertz CT molecular complexity index is 1240. The molecule has 3 saturated heterocycles. The van der Waals surface area contributed by atoms with Crippen LogP contribution >= 0.6 is 0 Å². The number of aliphatic hydroxyl groups excluding tert-OH is 1. The molecule has 20 nitrogen and oxygen atoms in total. The molecule has 0 aromatic heterocycles. The Morgan fingerprint density at radius 2 is 0.755 bits per heavy atom. The smallest absolute Gasteiger partial charge is 0.303 e. The van der Waals surface area contributed by atoms with Crippen LogP contribution in [0.5, 0.6) is 0 Å². The van der Waals surface area contributed by atoms with Crippen LogP contribution in [0.4, 0.5) is 0 Å². The Kier molecular flexibility index (Phi) is 14.2. The van der Waals surface area contributed by atoms with Crippen molar-refractivity contribution in [3.63, 3.8) is 0 Å². The molecule has 276 valence electrons. The van der Waals surface area contributed by atoms with E-state index >= 15 is 0 Å². The van der Waals surface area contributed by atoms with Gasteiger partial charge < -0.3 is 61.9 Å². The van der Waals surface area contributed by atoms with Gasteiger partial charge in [-0.15, -0.1) is 0 Å². The van der Waals surface area contributed by atoms with Crippen LogP contribution in [0, 0.1) is 0 Å². The van der Waals surface area contributed by atoms with Gasteiger partial charge in [-0.3, -0.25) is 33.6 Å². The maximum Gasteiger partial charge on any atom is 0.303 e. The lowest BCUT2D eigenvalue weighted by atomic mass is 10.1. The maximum absolute atomic E-state index is 12.3. The Hall–Kier alpha value is -3.95. The minimum atomic E-state index is -1.76. The first-order chi connectivity index (χ1) is 23.0. The molecule has 0 spiro atoms. The van der Waals surface area contributed by atoms with Crippen LogP contribution in [-0.4, -0.2) is 141 Å². The minimum absolute atomic E-state index is 0.465. The molecule has 0 radical (unpaired) electrons. The molecule has 3 heterocycles. The van der Waals surface area contributed by atoms with Crippen molar-refractivity contribution >= 4 is 41.8 Å². The Morgan fingerprint density at radius 1 is 0.429 bits per heavy atom. The Morgan fingerprint density at radius 3 is 1.16 bits per heavy atom. The number of carbonyl (C=O) groups is 7. The molecule has 12 atom stereocenters. The van der Waals surface area contributed by atoms with Gasteiger partial charge in [0.15, 0.2) is 49.4 Å². The highest BCUT2D eigenvalue weighted by Gasteiger charge is 2.58. The van der Waals surface area contributed by atoms with Gasteiger partial charge in [0.25, 0.3) is 0 Å². The third kappa shape index (κ3) is 11.3. The number of rotatable bonds is 14. The van der Waals surface area contributed by atoms with E-state index in [2.05, 4.69) is 0 Å². The number of aliphatic hydroxyl groups is 1. The molecule has 20 heteroatoms. The van der Waals surface area contributed by atoms with Crippen LogP contribution in [0.3, 0.4) is 0 Å². The predicted molar refractivity (Wildman–Crippen MR) is 150 cm³/mol. The van der Waals surface area contributed by atoms with Crippen LogP contribution < -0.4 is 0 Å². The summed E-state index contributed by atoms with van der Waals surface area (Å²) in [6.07, 6.45) is -17.5. The summed E-state index contributed by atoms with van der Waals surface area (Å²) in [7, 11) is 0. The molecule has 49 heavy (non-hydrogen) atoms. The monoisotopic (exact) mass is 708 g/mol. The second-order valence-electron chi connectivity index (χ2n) is 11.1. The quantitative estimate of drug-likeness (QED) is 0.157. The Balaban J connectivity index is 2.04. The van der Waals surface area contributed by atoms with Gasteiger partial charge >= 0.3 is 41.8 Å². The normalized spacial score (nSPS) is 33.6. The summed E-state index contributed by atoms with van der Waals surface area (Å²) < 4.78 is 66.3. The van der Waals surface area contributed by atoms with E-state index < -0.39 is 135 Å². The lowest BCUT2D eigenvalue weighted by Gasteiger charge is -2.31. The van der Waals surface area contributed by atoms with Gasteiger partial charge in [-0.05, 0) is 0 Å². The third-order valence-corrected chi connectivity index (χ3v) is 6.96. The van der Waals surface area contributed by atoms with Crippen molar-refractivity contribution in [2.75, 3.05) is 19.8 Å². The van der Waals surface area contributed by atoms with Crippen molar-refractivity contribution in [3.05, 3.63) is 0 Å². The van der Waals surface area contributed by atoms with Crippen molar-refractivity contribution in [1.29, 1.82) is 0 Å². The average molecular weight is 709 g/mol. The standard InChI is InChI=1S/C29H40O20/c1-11(30)38-8-18-21(24(27(37)45-18)43-16(6)35)48-29-26(23(42-15(5)34)20(47-29)10-40-13(3)32)49-28-25(44-17(7)36)22(41-14(4)33)19(46-28)9-39-12(2)31/h18-29,37H,8-10H2,1-7H3/t18-,19-,20-,21-,22-,23-,24-,25-,26-,27-,28-,29-/m1/s1. The molecular weight excluding hydrogens is 668 g/mol. The van der Waals surface area contributed by atoms with Gasteiger partial charge in [0.1, 0.15) is 44.2 Å². The predicted octanol–water partition coefficient (Wildman–Crippen LogP) is -1.66. The first-order valence-electron chi connectivity index (χ1n) is 15.0. The first kappa shape index (κ1) is 39.5. The molecule has 0 aliphatic carbocycles. The SMILES string of the molecule is CC(=O)OC[C@H]1O[C@@H](O)[C@H](OC(C)=O)[C@@H]1O[C@H]1O[C@H](COC(C)=O)[C@@H](OC(C)=O)[C@H]1O[C@H]1O[C@H](COC(C)=O)[C@@H](OC(C)=O)[C@H]1OC(C)=O. The fourth-order valence-corrected chi connectivity index (χ4v) is 5.23. The van der Waals surface area contributed by atoms with Gasteiger partial charge in [0, 0.05) is 48.5 Å². The summed E-state index contributed by atoms with van der Waals surface area (Å²) in [6, 6.07) is 0. The number of ether oxygens (including phenoxy) is 12. The van der Waals surface area contributed by atoms with E-state index in [0.717, 1.165) is 48.5 Å². The number of hydrogen-bond acceptors (Lipinski definition) is 20. The highest BCUT2D eigenvalue weighted by Crippen LogP contribution is 2.37. The summed E-state index contributed by atoms with van der Waals surface area (Å²) >= 11 is 0. The van der Waals surface area contributed by atoms with Crippen LogP contribution in [-0.2, 0) is 90.4 Å². The first-order valence-corrected chi connectivity index (χ1v) is 15.0. The molecule has 0 bridgehead atoms. The molecular formula is C29H40O20. The van der Waals surface area contributed by atoms with Gasteiger partial charge in [-0.25, -0.2) is 0 Å². The number of hydrogen-bond donors (Lipinski definition) is 1.